The third-order valence-corrected chi connectivity index (χ3v) is 0.762. The molecule has 46 valence electrons. The first kappa shape index (κ1) is 10.3. The number of terminal acetylenes is 1. The summed E-state index contributed by atoms with van der Waals surface area (Å²) in [6, 6.07) is 0. The summed E-state index contributed by atoms with van der Waals surface area (Å²) in [7, 11) is 0. The van der Waals surface area contributed by atoms with E-state index in [9.17, 15) is 0 Å². The van der Waals surface area contributed by atoms with Crippen LogP contribution in [0, 0.1) is 12.8 Å². The molecule has 0 spiro atoms. The Labute approximate surface area is 52.6 Å². The summed E-state index contributed by atoms with van der Waals surface area (Å²) in [6.07, 6.45) is 13.7. The molecule has 0 unspecified atom stereocenters. The molecule has 0 fully saturated rings. The molecule has 0 amide bonds. The van der Waals surface area contributed by atoms with E-state index in [1.807, 2.05) is 6.08 Å². The van der Waals surface area contributed by atoms with E-state index in [4.69, 9.17) is 0 Å². The van der Waals surface area contributed by atoms with Crippen molar-refractivity contribution in [3.05, 3.63) is 12.7 Å². The van der Waals surface area contributed by atoms with Gasteiger partial charge in [0.1, 0.15) is 0 Å². The molecule has 0 bridgehead atoms. The molecule has 0 aromatic rings. The summed E-state index contributed by atoms with van der Waals surface area (Å²) in [5, 5.41) is 0. The zero-order valence-electron chi connectivity index (χ0n) is 5.56. The smallest absolute Gasteiger partial charge is 0.0354 e. The van der Waals surface area contributed by atoms with Gasteiger partial charge in [-0.1, -0.05) is 25.8 Å². The van der Waals surface area contributed by atoms with Crippen molar-refractivity contribution in [2.45, 2.75) is 26.2 Å². The molecule has 0 N–H and O–H groups in total. The maximum absolute atomic E-state index is 4.00. The molecule has 0 aliphatic rings. The van der Waals surface area contributed by atoms with Crippen molar-refractivity contribution in [1.82, 2.24) is 0 Å². The Bertz CT molecular complexity index is 50.3. The van der Waals surface area contributed by atoms with Gasteiger partial charge in [-0.25, -0.2) is 0 Å². The summed E-state index contributed by atoms with van der Waals surface area (Å²) in [6.45, 7) is 5.78. The average molecular weight is 110 g/mol. The van der Waals surface area contributed by atoms with Crippen molar-refractivity contribution in [3.8, 4) is 12.8 Å². The van der Waals surface area contributed by atoms with Crippen LogP contribution < -0.4 is 0 Å². The maximum Gasteiger partial charge on any atom is -0.0354 e. The van der Waals surface area contributed by atoms with Gasteiger partial charge in [-0.3, -0.25) is 0 Å². The third-order valence-electron chi connectivity index (χ3n) is 0.762. The Morgan fingerprint density at radius 1 is 1.50 bits per heavy atom. The maximum atomic E-state index is 4.00. The van der Waals surface area contributed by atoms with Gasteiger partial charge < -0.3 is 0 Å². The van der Waals surface area contributed by atoms with Crippen molar-refractivity contribution in [2.75, 3.05) is 0 Å². The van der Waals surface area contributed by atoms with Crippen LogP contribution in [0.4, 0.5) is 0 Å². The summed E-state index contributed by atoms with van der Waals surface area (Å²) < 4.78 is 0. The minimum atomic E-state index is 1.18. The van der Waals surface area contributed by atoms with Crippen molar-refractivity contribution >= 4 is 0 Å². The van der Waals surface area contributed by atoms with E-state index >= 15 is 0 Å². The number of unbranched alkanes of at least 4 members (excludes halogenated alkanes) is 2. The summed E-state index contributed by atoms with van der Waals surface area (Å²) >= 11 is 0. The Kier molecular flexibility index (Phi) is 21.0. The van der Waals surface area contributed by atoms with Gasteiger partial charge in [0.25, 0.3) is 0 Å². The molecule has 0 aromatic heterocycles. The highest BCUT2D eigenvalue weighted by molar-refractivity contribution is 4.64. The Balaban J connectivity index is 0. The van der Waals surface area contributed by atoms with E-state index in [1.54, 1.807) is 0 Å². The molecule has 0 aromatic carbocycles. The van der Waals surface area contributed by atoms with Crippen LogP contribution in [0.5, 0.6) is 0 Å². The van der Waals surface area contributed by atoms with Crippen LogP contribution in [0.1, 0.15) is 26.2 Å². The number of allylic oxidation sites excluding steroid dienone is 1. The second kappa shape index (κ2) is 16.3. The minimum Gasteiger partial charge on any atom is -0.124 e. The standard InChI is InChI=1S/C6H12.C2H2/c1-3-5-6-4-2;1-2/h3H,1,4-6H2,2H3;1-2H. The topological polar surface area (TPSA) is 0 Å². The molecule has 0 aliphatic heterocycles. The Morgan fingerprint density at radius 3 is 2.12 bits per heavy atom. The molecule has 0 nitrogen and oxygen atoms in total. The van der Waals surface area contributed by atoms with Crippen molar-refractivity contribution in [3.63, 3.8) is 0 Å². The lowest BCUT2D eigenvalue weighted by atomic mass is 10.3. The lowest BCUT2D eigenvalue weighted by Gasteiger charge is -1.81. The van der Waals surface area contributed by atoms with Gasteiger partial charge >= 0.3 is 0 Å². The molecule has 0 atom stereocenters. The average Bonchev–Trinajstić information content (AvgIpc) is 1.88. The van der Waals surface area contributed by atoms with Crippen LogP contribution in [-0.4, -0.2) is 0 Å². The van der Waals surface area contributed by atoms with E-state index in [-0.39, 0.29) is 0 Å². The summed E-state index contributed by atoms with van der Waals surface area (Å²) in [5.74, 6) is 0. The molecule has 0 saturated carbocycles. The second-order valence-electron chi connectivity index (χ2n) is 1.43. The molecule has 0 radical (unpaired) electrons. The van der Waals surface area contributed by atoms with Gasteiger partial charge in [-0.15, -0.1) is 19.4 Å². The summed E-state index contributed by atoms with van der Waals surface area (Å²) in [4.78, 5) is 0. The molecular weight excluding hydrogens is 96.1 g/mol. The van der Waals surface area contributed by atoms with Crippen LogP contribution in [-0.2, 0) is 0 Å². The van der Waals surface area contributed by atoms with E-state index in [2.05, 4.69) is 26.3 Å². The van der Waals surface area contributed by atoms with Gasteiger partial charge in [0.05, 0.1) is 0 Å². The van der Waals surface area contributed by atoms with Gasteiger partial charge in [0.15, 0.2) is 0 Å². The molecule has 8 heavy (non-hydrogen) atoms. The van der Waals surface area contributed by atoms with Crippen molar-refractivity contribution in [2.24, 2.45) is 0 Å². The first-order valence-corrected chi connectivity index (χ1v) is 2.86. The predicted octanol–water partition coefficient (Wildman–Crippen LogP) is 2.61. The quantitative estimate of drug-likeness (QED) is 0.297. The highest BCUT2D eigenvalue weighted by atomic mass is 13.8. The normalized spacial score (nSPS) is 6.38. The summed E-state index contributed by atoms with van der Waals surface area (Å²) in [5.41, 5.74) is 0. The molecule has 0 aliphatic carbocycles. The zero-order valence-corrected chi connectivity index (χ0v) is 5.56. The first-order valence-electron chi connectivity index (χ1n) is 2.86. The fraction of sp³-hybridized carbons (Fsp3) is 0.500. The number of rotatable bonds is 3. The van der Waals surface area contributed by atoms with E-state index in [1.165, 1.54) is 19.3 Å². The number of hydrogen-bond donors (Lipinski definition) is 0. The molecule has 0 heterocycles. The largest absolute Gasteiger partial charge is 0.124 e. The SMILES string of the molecule is C#C.C=CCCCC. The Morgan fingerprint density at radius 2 is 2.00 bits per heavy atom. The van der Waals surface area contributed by atoms with E-state index in [0.29, 0.717) is 0 Å². The van der Waals surface area contributed by atoms with Crippen LogP contribution in [0.15, 0.2) is 12.7 Å². The zero-order chi connectivity index (χ0) is 6.83. The van der Waals surface area contributed by atoms with Gasteiger partial charge in [-0.05, 0) is 6.42 Å². The van der Waals surface area contributed by atoms with Gasteiger partial charge in [0, 0.05) is 0 Å². The highest BCUT2D eigenvalue weighted by Gasteiger charge is 1.71. The fourth-order valence-electron chi connectivity index (χ4n) is 0.348. The van der Waals surface area contributed by atoms with Crippen LogP contribution in [0.25, 0.3) is 0 Å². The van der Waals surface area contributed by atoms with Crippen LogP contribution >= 0.6 is 0 Å². The van der Waals surface area contributed by atoms with Crippen molar-refractivity contribution in [1.29, 1.82) is 0 Å². The van der Waals surface area contributed by atoms with Crippen LogP contribution in [0.2, 0.25) is 0 Å². The minimum absolute atomic E-state index is 1.18. The second-order valence-corrected chi connectivity index (χ2v) is 1.43. The molecule has 0 saturated heterocycles. The van der Waals surface area contributed by atoms with Crippen molar-refractivity contribution < 1.29 is 0 Å². The lowest BCUT2D eigenvalue weighted by Crippen LogP contribution is -1.61. The fourth-order valence-corrected chi connectivity index (χ4v) is 0.348. The number of hydrogen-bond acceptors (Lipinski definition) is 0. The third kappa shape index (κ3) is 18.5. The first-order chi connectivity index (χ1) is 3.91. The molecular formula is C8H14. The van der Waals surface area contributed by atoms with E-state index < -0.39 is 0 Å². The molecule has 0 rings (SSSR count). The molecule has 0 heteroatoms. The monoisotopic (exact) mass is 110 g/mol. The van der Waals surface area contributed by atoms with Crippen LogP contribution in [0.3, 0.4) is 0 Å². The Hall–Kier alpha value is -0.700. The lowest BCUT2D eigenvalue weighted by molar-refractivity contribution is 0.816. The predicted molar refractivity (Wildman–Crippen MR) is 39.6 cm³/mol. The van der Waals surface area contributed by atoms with Gasteiger partial charge in [0.2, 0.25) is 0 Å². The highest BCUT2D eigenvalue weighted by Crippen LogP contribution is 1.91. The van der Waals surface area contributed by atoms with Gasteiger partial charge in [-0.2, -0.15) is 0 Å². The van der Waals surface area contributed by atoms with E-state index in [0.717, 1.165) is 0 Å².